The molecule has 1 nitrogen and oxygen atoms in total. The van der Waals surface area contributed by atoms with Gasteiger partial charge in [0, 0.05) is 17.8 Å². The molecule has 0 spiro atoms. The van der Waals surface area contributed by atoms with Crippen LogP contribution in [0.4, 0.5) is 5.69 Å². The molecular weight excluding hydrogens is 206 g/mol. The Labute approximate surface area is 103 Å². The van der Waals surface area contributed by atoms with Crippen molar-refractivity contribution in [3.63, 3.8) is 0 Å². The molecule has 0 saturated carbocycles. The lowest BCUT2D eigenvalue weighted by Gasteiger charge is -2.37. The van der Waals surface area contributed by atoms with Crippen LogP contribution < -0.4 is 4.90 Å². The second-order valence-electron chi connectivity index (χ2n) is 4.57. The number of fused-ring (bicyclic) bond motifs is 3. The van der Waals surface area contributed by atoms with Crippen LogP contribution in [0.1, 0.15) is 25.5 Å². The summed E-state index contributed by atoms with van der Waals surface area (Å²) < 4.78 is 0. The zero-order valence-corrected chi connectivity index (χ0v) is 10.4. The normalized spacial score (nSPS) is 17.5. The van der Waals surface area contributed by atoms with Gasteiger partial charge in [-0.05, 0) is 31.0 Å². The fourth-order valence-electron chi connectivity index (χ4n) is 2.88. The highest BCUT2D eigenvalue weighted by Crippen LogP contribution is 2.43. The van der Waals surface area contributed by atoms with Gasteiger partial charge in [-0.1, -0.05) is 42.5 Å². The average Bonchev–Trinajstić information content (AvgIpc) is 2.40. The average molecular weight is 223 g/mol. The molecule has 2 aromatic rings. The zero-order chi connectivity index (χ0) is 11.8. The summed E-state index contributed by atoms with van der Waals surface area (Å²) in [5.74, 6) is 0. The van der Waals surface area contributed by atoms with E-state index in [-0.39, 0.29) is 0 Å². The number of benzene rings is 2. The summed E-state index contributed by atoms with van der Waals surface area (Å²) in [5, 5.41) is 0. The van der Waals surface area contributed by atoms with E-state index in [4.69, 9.17) is 0 Å². The van der Waals surface area contributed by atoms with Crippen molar-refractivity contribution < 1.29 is 0 Å². The van der Waals surface area contributed by atoms with Gasteiger partial charge in [-0.25, -0.2) is 0 Å². The summed E-state index contributed by atoms with van der Waals surface area (Å²) in [5.41, 5.74) is 5.55. The number of rotatable bonds is 1. The molecule has 0 radical (unpaired) electrons. The van der Waals surface area contributed by atoms with Gasteiger partial charge in [-0.15, -0.1) is 0 Å². The van der Waals surface area contributed by atoms with Crippen molar-refractivity contribution in [2.75, 3.05) is 11.4 Å². The first-order valence-electron chi connectivity index (χ1n) is 6.28. The van der Waals surface area contributed by atoms with Crippen LogP contribution in [0.15, 0.2) is 48.5 Å². The third kappa shape index (κ3) is 1.46. The van der Waals surface area contributed by atoms with E-state index in [9.17, 15) is 0 Å². The molecule has 2 aromatic carbocycles. The largest absolute Gasteiger partial charge is 0.365 e. The summed E-state index contributed by atoms with van der Waals surface area (Å²) in [6, 6.07) is 17.9. The van der Waals surface area contributed by atoms with Crippen LogP contribution in [-0.2, 0) is 0 Å². The van der Waals surface area contributed by atoms with Crippen LogP contribution in [0.2, 0.25) is 0 Å². The smallest absolute Gasteiger partial charge is 0.0520 e. The van der Waals surface area contributed by atoms with Gasteiger partial charge in [0.2, 0.25) is 0 Å². The van der Waals surface area contributed by atoms with E-state index in [1.807, 2.05) is 0 Å². The van der Waals surface area contributed by atoms with E-state index in [0.29, 0.717) is 6.04 Å². The van der Waals surface area contributed by atoms with E-state index < -0.39 is 0 Å². The van der Waals surface area contributed by atoms with E-state index in [1.165, 1.54) is 22.4 Å². The van der Waals surface area contributed by atoms with Crippen molar-refractivity contribution in [1.29, 1.82) is 0 Å². The Kier molecular flexibility index (Phi) is 2.40. The molecule has 1 atom stereocenters. The van der Waals surface area contributed by atoms with Crippen molar-refractivity contribution in [3.8, 4) is 11.1 Å². The van der Waals surface area contributed by atoms with Gasteiger partial charge in [0.05, 0.1) is 6.04 Å². The topological polar surface area (TPSA) is 3.24 Å². The summed E-state index contributed by atoms with van der Waals surface area (Å²) in [7, 11) is 0. The predicted molar refractivity (Wildman–Crippen MR) is 73.3 cm³/mol. The molecule has 0 fully saturated rings. The standard InChI is InChI=1S/C16H17N/c1-3-17-12(2)13-8-4-5-9-14(13)15-10-6-7-11-16(15)17/h4-12H,3H2,1-2H3. The van der Waals surface area contributed by atoms with Gasteiger partial charge in [0.15, 0.2) is 0 Å². The highest BCUT2D eigenvalue weighted by Gasteiger charge is 2.25. The highest BCUT2D eigenvalue weighted by atomic mass is 15.2. The zero-order valence-electron chi connectivity index (χ0n) is 10.4. The molecule has 0 N–H and O–H groups in total. The molecule has 0 aliphatic carbocycles. The number of para-hydroxylation sites is 1. The number of hydrogen-bond donors (Lipinski definition) is 0. The third-order valence-corrected chi connectivity index (χ3v) is 3.72. The molecule has 0 aromatic heterocycles. The van der Waals surface area contributed by atoms with Crippen molar-refractivity contribution in [2.24, 2.45) is 0 Å². The maximum absolute atomic E-state index is 2.47. The Balaban J connectivity index is 2.29. The number of nitrogens with zero attached hydrogens (tertiary/aromatic N) is 1. The summed E-state index contributed by atoms with van der Waals surface area (Å²) in [6.45, 7) is 5.56. The quantitative estimate of drug-likeness (QED) is 0.698. The van der Waals surface area contributed by atoms with Crippen LogP contribution in [-0.4, -0.2) is 6.54 Å². The van der Waals surface area contributed by atoms with Gasteiger partial charge in [0.25, 0.3) is 0 Å². The molecular formula is C16H17N. The molecule has 1 aliphatic rings. The molecule has 0 bridgehead atoms. The van der Waals surface area contributed by atoms with Crippen molar-refractivity contribution >= 4 is 5.69 Å². The molecule has 1 heteroatoms. The lowest BCUT2D eigenvalue weighted by Crippen LogP contribution is -2.30. The molecule has 3 rings (SSSR count). The summed E-state index contributed by atoms with van der Waals surface area (Å²) in [6.07, 6.45) is 0. The Hall–Kier alpha value is -1.76. The predicted octanol–water partition coefficient (Wildman–Crippen LogP) is 4.25. The van der Waals surface area contributed by atoms with Gasteiger partial charge < -0.3 is 4.90 Å². The van der Waals surface area contributed by atoms with Gasteiger partial charge in [0.1, 0.15) is 0 Å². The van der Waals surface area contributed by atoms with Crippen LogP contribution in [0.5, 0.6) is 0 Å². The monoisotopic (exact) mass is 223 g/mol. The van der Waals surface area contributed by atoms with Crippen LogP contribution >= 0.6 is 0 Å². The Morgan fingerprint density at radius 1 is 0.941 bits per heavy atom. The minimum atomic E-state index is 0.464. The number of hydrogen-bond acceptors (Lipinski definition) is 1. The van der Waals surface area contributed by atoms with Crippen LogP contribution in [0, 0.1) is 0 Å². The Bertz CT molecular complexity index is 545. The van der Waals surface area contributed by atoms with Crippen molar-refractivity contribution in [3.05, 3.63) is 54.1 Å². The van der Waals surface area contributed by atoms with Crippen LogP contribution in [0.25, 0.3) is 11.1 Å². The lowest BCUT2D eigenvalue weighted by atomic mass is 9.89. The number of anilines is 1. The maximum Gasteiger partial charge on any atom is 0.0520 e. The lowest BCUT2D eigenvalue weighted by molar-refractivity contribution is 0.684. The first-order chi connectivity index (χ1) is 8.33. The van der Waals surface area contributed by atoms with Gasteiger partial charge >= 0.3 is 0 Å². The van der Waals surface area contributed by atoms with E-state index in [2.05, 4.69) is 67.3 Å². The minimum Gasteiger partial charge on any atom is -0.365 e. The van der Waals surface area contributed by atoms with Gasteiger partial charge in [-0.2, -0.15) is 0 Å². The molecule has 0 amide bonds. The highest BCUT2D eigenvalue weighted by molar-refractivity contribution is 5.84. The molecule has 86 valence electrons. The molecule has 17 heavy (non-hydrogen) atoms. The van der Waals surface area contributed by atoms with Gasteiger partial charge in [-0.3, -0.25) is 0 Å². The van der Waals surface area contributed by atoms with Crippen LogP contribution in [0.3, 0.4) is 0 Å². The first-order valence-corrected chi connectivity index (χ1v) is 6.28. The minimum absolute atomic E-state index is 0.464. The van der Waals surface area contributed by atoms with E-state index >= 15 is 0 Å². The van der Waals surface area contributed by atoms with Crippen molar-refractivity contribution in [1.82, 2.24) is 0 Å². The molecule has 0 saturated heterocycles. The van der Waals surface area contributed by atoms with E-state index in [1.54, 1.807) is 0 Å². The molecule has 1 heterocycles. The fraction of sp³-hybridized carbons (Fsp3) is 0.250. The second-order valence-corrected chi connectivity index (χ2v) is 4.57. The van der Waals surface area contributed by atoms with E-state index in [0.717, 1.165) is 6.54 Å². The third-order valence-electron chi connectivity index (χ3n) is 3.72. The Morgan fingerprint density at radius 3 is 2.35 bits per heavy atom. The van der Waals surface area contributed by atoms with Crippen molar-refractivity contribution in [2.45, 2.75) is 19.9 Å². The summed E-state index contributed by atoms with van der Waals surface area (Å²) >= 11 is 0. The first kappa shape index (κ1) is 10.4. The maximum atomic E-state index is 2.47. The molecule has 1 aliphatic heterocycles. The summed E-state index contributed by atoms with van der Waals surface area (Å²) in [4.78, 5) is 2.47. The SMILES string of the molecule is CCN1c2ccccc2-c2ccccc2C1C. The second kappa shape index (κ2) is 3.92. The Morgan fingerprint density at radius 2 is 1.59 bits per heavy atom. The fourth-order valence-corrected chi connectivity index (χ4v) is 2.88. The molecule has 1 unspecified atom stereocenters.